The Hall–Kier alpha value is -3.13. The van der Waals surface area contributed by atoms with Crippen LogP contribution in [0.25, 0.3) is 33.9 Å². The predicted molar refractivity (Wildman–Crippen MR) is 83.1 cm³/mol. The molecule has 1 N–H and O–H groups in total. The molecule has 7 nitrogen and oxygen atoms in total. The van der Waals surface area contributed by atoms with Crippen molar-refractivity contribution in [1.29, 1.82) is 0 Å². The van der Waals surface area contributed by atoms with Crippen LogP contribution in [0.1, 0.15) is 13.2 Å². The van der Waals surface area contributed by atoms with Gasteiger partial charge in [-0.2, -0.15) is 4.98 Å². The summed E-state index contributed by atoms with van der Waals surface area (Å²) in [6, 6.07) is 11.3. The van der Waals surface area contributed by atoms with Crippen LogP contribution in [0.4, 0.5) is 4.39 Å². The van der Waals surface area contributed by atoms with Crippen LogP contribution in [-0.2, 0) is 0 Å². The second kappa shape index (κ2) is 5.50. The SMILES string of the molecule is CC(O)n1nnc2cc(-c3noc(-c4cccc(F)c4)n3)ccc21. The third kappa shape index (κ3) is 2.42. The molecule has 0 bridgehead atoms. The van der Waals surface area contributed by atoms with E-state index in [1.807, 2.05) is 0 Å². The van der Waals surface area contributed by atoms with Gasteiger partial charge in [-0.05, 0) is 43.3 Å². The van der Waals surface area contributed by atoms with E-state index in [0.717, 1.165) is 0 Å². The van der Waals surface area contributed by atoms with Crippen LogP contribution in [0.15, 0.2) is 47.0 Å². The Morgan fingerprint density at radius 2 is 2.04 bits per heavy atom. The molecule has 0 spiro atoms. The predicted octanol–water partition coefficient (Wildman–Crippen LogP) is 2.80. The third-order valence-corrected chi connectivity index (χ3v) is 3.58. The Morgan fingerprint density at radius 3 is 2.83 bits per heavy atom. The van der Waals surface area contributed by atoms with Crippen LogP contribution in [0, 0.1) is 5.82 Å². The lowest BCUT2D eigenvalue weighted by atomic mass is 10.2. The molecule has 0 saturated carbocycles. The molecule has 4 rings (SSSR count). The van der Waals surface area contributed by atoms with Gasteiger partial charge >= 0.3 is 0 Å². The summed E-state index contributed by atoms with van der Waals surface area (Å²) in [6.07, 6.45) is -0.773. The van der Waals surface area contributed by atoms with E-state index in [1.165, 1.54) is 16.8 Å². The fraction of sp³-hybridized carbons (Fsp3) is 0.125. The monoisotopic (exact) mass is 325 g/mol. The standard InChI is InChI=1S/C16H12FN5O2/c1-9(23)22-14-6-5-10(8-13(14)19-21-22)15-18-16(24-20-15)11-3-2-4-12(17)7-11/h2-9,23H,1H3. The van der Waals surface area contributed by atoms with Gasteiger partial charge in [-0.25, -0.2) is 9.07 Å². The van der Waals surface area contributed by atoms with Gasteiger partial charge in [-0.3, -0.25) is 0 Å². The molecule has 0 radical (unpaired) electrons. The van der Waals surface area contributed by atoms with Gasteiger partial charge in [0.2, 0.25) is 5.82 Å². The quantitative estimate of drug-likeness (QED) is 0.623. The molecule has 120 valence electrons. The summed E-state index contributed by atoms with van der Waals surface area (Å²) in [5.41, 5.74) is 2.49. The highest BCUT2D eigenvalue weighted by Crippen LogP contribution is 2.25. The number of nitrogens with zero attached hydrogens (tertiary/aromatic N) is 5. The maximum absolute atomic E-state index is 13.3. The Bertz CT molecular complexity index is 1020. The largest absolute Gasteiger partial charge is 0.372 e. The molecule has 2 aromatic carbocycles. The van der Waals surface area contributed by atoms with Crippen LogP contribution >= 0.6 is 0 Å². The highest BCUT2D eigenvalue weighted by molar-refractivity contribution is 5.80. The fourth-order valence-corrected chi connectivity index (χ4v) is 2.44. The fourth-order valence-electron chi connectivity index (χ4n) is 2.44. The van der Waals surface area contributed by atoms with Crippen molar-refractivity contribution in [3.63, 3.8) is 0 Å². The van der Waals surface area contributed by atoms with Crippen LogP contribution in [0.5, 0.6) is 0 Å². The van der Waals surface area contributed by atoms with E-state index < -0.39 is 6.23 Å². The number of hydrogen-bond acceptors (Lipinski definition) is 6. The van der Waals surface area contributed by atoms with Crippen molar-refractivity contribution in [1.82, 2.24) is 25.1 Å². The zero-order valence-electron chi connectivity index (χ0n) is 12.6. The average Bonchev–Trinajstić information content (AvgIpc) is 3.21. The summed E-state index contributed by atoms with van der Waals surface area (Å²) in [6.45, 7) is 1.60. The lowest BCUT2D eigenvalue weighted by Crippen LogP contribution is -2.05. The Labute approximate surface area is 135 Å². The van der Waals surface area contributed by atoms with Gasteiger partial charge in [0.1, 0.15) is 17.6 Å². The molecule has 0 saturated heterocycles. The molecule has 0 aliphatic carbocycles. The summed E-state index contributed by atoms with van der Waals surface area (Å²) in [4.78, 5) is 4.29. The van der Waals surface area contributed by atoms with Gasteiger partial charge in [0.05, 0.1) is 5.52 Å². The maximum atomic E-state index is 13.3. The number of aliphatic hydroxyl groups is 1. The lowest BCUT2D eigenvalue weighted by molar-refractivity contribution is 0.113. The number of benzene rings is 2. The van der Waals surface area contributed by atoms with E-state index in [9.17, 15) is 9.50 Å². The van der Waals surface area contributed by atoms with Crippen LogP contribution in [0.3, 0.4) is 0 Å². The second-order valence-electron chi connectivity index (χ2n) is 5.30. The average molecular weight is 325 g/mol. The number of aromatic nitrogens is 5. The van der Waals surface area contributed by atoms with Gasteiger partial charge < -0.3 is 9.63 Å². The first-order chi connectivity index (χ1) is 11.6. The summed E-state index contributed by atoms with van der Waals surface area (Å²) < 4.78 is 19.9. The molecule has 1 unspecified atom stereocenters. The van der Waals surface area contributed by atoms with Gasteiger partial charge in [-0.1, -0.05) is 16.4 Å². The van der Waals surface area contributed by atoms with E-state index in [4.69, 9.17) is 4.52 Å². The molecule has 4 aromatic rings. The molecule has 2 heterocycles. The Kier molecular flexibility index (Phi) is 3.31. The minimum absolute atomic E-state index is 0.234. The van der Waals surface area contributed by atoms with Crippen LogP contribution in [0.2, 0.25) is 0 Å². The zero-order valence-corrected chi connectivity index (χ0v) is 12.6. The molecule has 24 heavy (non-hydrogen) atoms. The third-order valence-electron chi connectivity index (χ3n) is 3.58. The number of hydrogen-bond donors (Lipinski definition) is 1. The van der Waals surface area contributed by atoms with Gasteiger partial charge in [0.25, 0.3) is 5.89 Å². The number of rotatable bonds is 3. The Morgan fingerprint density at radius 1 is 1.17 bits per heavy atom. The van der Waals surface area contributed by atoms with Crippen molar-refractivity contribution in [2.24, 2.45) is 0 Å². The number of fused-ring (bicyclic) bond motifs is 1. The smallest absolute Gasteiger partial charge is 0.258 e. The van der Waals surface area contributed by atoms with Gasteiger partial charge in [0, 0.05) is 11.1 Å². The first-order valence-corrected chi connectivity index (χ1v) is 7.25. The molecule has 0 amide bonds. The minimum Gasteiger partial charge on any atom is -0.372 e. The zero-order chi connectivity index (χ0) is 16.7. The molecule has 8 heteroatoms. The highest BCUT2D eigenvalue weighted by Gasteiger charge is 2.14. The van der Waals surface area contributed by atoms with Gasteiger partial charge in [0.15, 0.2) is 0 Å². The van der Waals surface area contributed by atoms with Crippen molar-refractivity contribution < 1.29 is 14.0 Å². The second-order valence-corrected chi connectivity index (χ2v) is 5.30. The number of aliphatic hydroxyl groups excluding tert-OH is 1. The molecule has 1 atom stereocenters. The van der Waals surface area contributed by atoms with Crippen LogP contribution < -0.4 is 0 Å². The van der Waals surface area contributed by atoms with Crippen LogP contribution in [-0.4, -0.2) is 30.2 Å². The van der Waals surface area contributed by atoms with Crippen molar-refractivity contribution in [3.8, 4) is 22.8 Å². The number of halogens is 1. The van der Waals surface area contributed by atoms with E-state index in [1.54, 1.807) is 37.3 Å². The molecule has 0 aliphatic rings. The van der Waals surface area contributed by atoms with Crippen molar-refractivity contribution in [2.45, 2.75) is 13.2 Å². The Balaban J connectivity index is 1.73. The van der Waals surface area contributed by atoms with Crippen molar-refractivity contribution in [3.05, 3.63) is 48.3 Å². The van der Waals surface area contributed by atoms with E-state index >= 15 is 0 Å². The summed E-state index contributed by atoms with van der Waals surface area (Å²) in [5, 5.41) is 21.5. The normalized spacial score (nSPS) is 12.6. The molecule has 0 fully saturated rings. The van der Waals surface area contributed by atoms with E-state index in [2.05, 4.69) is 20.5 Å². The molecular formula is C16H12FN5O2. The highest BCUT2D eigenvalue weighted by atomic mass is 19.1. The minimum atomic E-state index is -0.773. The summed E-state index contributed by atoms with van der Waals surface area (Å²) >= 11 is 0. The molecule has 0 aliphatic heterocycles. The summed E-state index contributed by atoms with van der Waals surface area (Å²) in [5.74, 6) is 0.225. The first-order valence-electron chi connectivity index (χ1n) is 7.25. The molecular weight excluding hydrogens is 313 g/mol. The van der Waals surface area contributed by atoms with E-state index in [0.29, 0.717) is 28.0 Å². The van der Waals surface area contributed by atoms with Crippen molar-refractivity contribution in [2.75, 3.05) is 0 Å². The first kappa shape index (κ1) is 14.5. The lowest BCUT2D eigenvalue weighted by Gasteiger charge is -2.04. The van der Waals surface area contributed by atoms with Gasteiger partial charge in [-0.15, -0.1) is 5.10 Å². The maximum Gasteiger partial charge on any atom is 0.258 e. The topological polar surface area (TPSA) is 89.9 Å². The van der Waals surface area contributed by atoms with Crippen molar-refractivity contribution >= 4 is 11.0 Å². The van der Waals surface area contributed by atoms with E-state index in [-0.39, 0.29) is 11.7 Å². The molecule has 2 aromatic heterocycles. The summed E-state index contributed by atoms with van der Waals surface area (Å²) in [7, 11) is 0.